The van der Waals surface area contributed by atoms with E-state index in [1.54, 1.807) is 0 Å². The van der Waals surface area contributed by atoms with Crippen LogP contribution in [0.25, 0.3) is 0 Å². The zero-order valence-corrected chi connectivity index (χ0v) is 14.3. The molecule has 124 valence electrons. The van der Waals surface area contributed by atoms with Gasteiger partial charge >= 0.3 is 0 Å². The van der Waals surface area contributed by atoms with E-state index in [9.17, 15) is 0 Å². The molecule has 1 aliphatic carbocycles. The fraction of sp³-hybridized carbons (Fsp3) is 1.00. The summed E-state index contributed by atoms with van der Waals surface area (Å²) in [4.78, 5) is 2.60. The Labute approximate surface area is 131 Å². The Bertz CT molecular complexity index is 291. The lowest BCUT2D eigenvalue weighted by Gasteiger charge is -2.43. The van der Waals surface area contributed by atoms with Gasteiger partial charge in [0.05, 0.1) is 6.61 Å². The van der Waals surface area contributed by atoms with Crippen LogP contribution < -0.4 is 5.73 Å². The van der Waals surface area contributed by atoms with Crippen molar-refractivity contribution in [3.8, 4) is 0 Å². The molecule has 1 saturated carbocycles. The molecule has 0 bridgehead atoms. The lowest BCUT2D eigenvalue weighted by atomic mass is 9.86. The lowest BCUT2D eigenvalue weighted by Crippen LogP contribution is -2.53. The number of rotatable bonds is 6. The third-order valence-electron chi connectivity index (χ3n) is 5.95. The summed E-state index contributed by atoms with van der Waals surface area (Å²) in [5.74, 6) is 1.65. The highest BCUT2D eigenvalue weighted by Crippen LogP contribution is 2.36. The quantitative estimate of drug-likeness (QED) is 0.763. The Morgan fingerprint density at radius 3 is 2.62 bits per heavy atom. The Morgan fingerprint density at radius 1 is 1.14 bits per heavy atom. The third-order valence-corrected chi connectivity index (χ3v) is 5.95. The molecule has 0 aromatic rings. The summed E-state index contributed by atoms with van der Waals surface area (Å²) in [6.07, 6.45) is 12.0. The van der Waals surface area contributed by atoms with E-state index in [0.717, 1.165) is 32.2 Å². The topological polar surface area (TPSA) is 38.5 Å². The van der Waals surface area contributed by atoms with E-state index in [1.807, 2.05) is 0 Å². The van der Waals surface area contributed by atoms with Crippen LogP contribution in [0, 0.1) is 11.8 Å². The highest BCUT2D eigenvalue weighted by molar-refractivity contribution is 4.93. The van der Waals surface area contributed by atoms with Gasteiger partial charge in [-0.05, 0) is 51.0 Å². The van der Waals surface area contributed by atoms with Crippen molar-refractivity contribution in [2.75, 3.05) is 33.4 Å². The van der Waals surface area contributed by atoms with Crippen LogP contribution in [0.5, 0.6) is 0 Å². The zero-order chi connectivity index (χ0) is 15.1. The molecule has 1 saturated heterocycles. The molecular weight excluding hydrogens is 260 g/mol. The molecule has 2 fully saturated rings. The smallest absolute Gasteiger partial charge is 0.0506 e. The molecule has 3 unspecified atom stereocenters. The summed E-state index contributed by atoms with van der Waals surface area (Å²) in [6.45, 7) is 6.20. The summed E-state index contributed by atoms with van der Waals surface area (Å²) < 4.78 is 5.65. The van der Waals surface area contributed by atoms with Gasteiger partial charge in [0.25, 0.3) is 0 Å². The third kappa shape index (κ3) is 4.67. The van der Waals surface area contributed by atoms with Gasteiger partial charge in [-0.3, -0.25) is 4.90 Å². The second-order valence-corrected chi connectivity index (χ2v) is 7.48. The van der Waals surface area contributed by atoms with Gasteiger partial charge in [-0.15, -0.1) is 0 Å². The van der Waals surface area contributed by atoms with Crippen molar-refractivity contribution < 1.29 is 4.74 Å². The normalized spacial score (nSPS) is 34.9. The standard InChI is InChI=1S/C18H36N2O/c1-3-6-16-7-4-10-18(15-19,11-9-16)20(2)13-17-8-5-12-21-14-17/h16-17H,3-15,19H2,1-2H3. The second-order valence-electron chi connectivity index (χ2n) is 7.48. The number of ether oxygens (including phenoxy) is 1. The van der Waals surface area contributed by atoms with Gasteiger partial charge in [0, 0.05) is 25.2 Å². The average Bonchev–Trinajstić information content (AvgIpc) is 2.72. The molecule has 3 atom stereocenters. The fourth-order valence-corrected chi connectivity index (χ4v) is 4.43. The summed E-state index contributed by atoms with van der Waals surface area (Å²) in [7, 11) is 2.31. The molecule has 0 radical (unpaired) electrons. The maximum Gasteiger partial charge on any atom is 0.0506 e. The van der Waals surface area contributed by atoms with Crippen molar-refractivity contribution >= 4 is 0 Å². The molecule has 0 amide bonds. The maximum absolute atomic E-state index is 6.26. The van der Waals surface area contributed by atoms with Crippen LogP contribution in [-0.4, -0.2) is 43.8 Å². The van der Waals surface area contributed by atoms with E-state index in [1.165, 1.54) is 57.8 Å². The van der Waals surface area contributed by atoms with Crippen LogP contribution in [0.4, 0.5) is 0 Å². The van der Waals surface area contributed by atoms with Crippen molar-refractivity contribution in [2.24, 2.45) is 17.6 Å². The van der Waals surface area contributed by atoms with Gasteiger partial charge in [-0.25, -0.2) is 0 Å². The molecule has 1 aliphatic heterocycles. The summed E-state index contributed by atoms with van der Waals surface area (Å²) >= 11 is 0. The summed E-state index contributed by atoms with van der Waals surface area (Å²) in [5, 5.41) is 0. The van der Waals surface area contributed by atoms with Crippen molar-refractivity contribution in [1.29, 1.82) is 0 Å². The van der Waals surface area contributed by atoms with Gasteiger partial charge in [-0.1, -0.05) is 32.6 Å². The summed E-state index contributed by atoms with van der Waals surface area (Å²) in [5.41, 5.74) is 6.51. The minimum Gasteiger partial charge on any atom is -0.381 e. The number of hydrogen-bond donors (Lipinski definition) is 1. The van der Waals surface area contributed by atoms with Crippen molar-refractivity contribution in [2.45, 2.75) is 70.3 Å². The second kappa shape index (κ2) is 8.50. The summed E-state index contributed by atoms with van der Waals surface area (Å²) in [6, 6.07) is 0. The van der Waals surface area contributed by atoms with Gasteiger partial charge in [0.1, 0.15) is 0 Å². The SMILES string of the molecule is CCCC1CCCC(CN)(N(C)CC2CCCOC2)CC1. The Kier molecular flexibility index (Phi) is 6.97. The molecule has 0 aromatic heterocycles. The molecule has 21 heavy (non-hydrogen) atoms. The van der Waals surface area contributed by atoms with Gasteiger partial charge in [0.15, 0.2) is 0 Å². The van der Waals surface area contributed by atoms with E-state index >= 15 is 0 Å². The van der Waals surface area contributed by atoms with Gasteiger partial charge < -0.3 is 10.5 Å². The molecule has 1 heterocycles. The van der Waals surface area contributed by atoms with E-state index in [4.69, 9.17) is 10.5 Å². The van der Waals surface area contributed by atoms with Crippen LogP contribution in [0.1, 0.15) is 64.7 Å². The Morgan fingerprint density at radius 2 is 1.95 bits per heavy atom. The van der Waals surface area contributed by atoms with Crippen molar-refractivity contribution in [1.82, 2.24) is 4.90 Å². The van der Waals surface area contributed by atoms with Gasteiger partial charge in [0.2, 0.25) is 0 Å². The van der Waals surface area contributed by atoms with E-state index in [-0.39, 0.29) is 5.54 Å². The van der Waals surface area contributed by atoms with Crippen molar-refractivity contribution in [3.63, 3.8) is 0 Å². The number of nitrogens with two attached hydrogens (primary N) is 1. The largest absolute Gasteiger partial charge is 0.381 e. The van der Waals surface area contributed by atoms with Crippen molar-refractivity contribution in [3.05, 3.63) is 0 Å². The molecule has 2 rings (SSSR count). The first-order valence-corrected chi connectivity index (χ1v) is 9.19. The first kappa shape index (κ1) is 17.2. The number of hydrogen-bond acceptors (Lipinski definition) is 3. The first-order chi connectivity index (χ1) is 10.2. The van der Waals surface area contributed by atoms with Crippen LogP contribution in [0.2, 0.25) is 0 Å². The minimum atomic E-state index is 0.250. The molecule has 0 spiro atoms. The highest BCUT2D eigenvalue weighted by atomic mass is 16.5. The molecule has 2 aliphatic rings. The van der Waals surface area contributed by atoms with Crippen LogP contribution >= 0.6 is 0 Å². The minimum absolute atomic E-state index is 0.250. The molecular formula is C18H36N2O. The predicted octanol–water partition coefficient (Wildman–Crippen LogP) is 3.42. The van der Waals surface area contributed by atoms with Crippen LogP contribution in [0.15, 0.2) is 0 Å². The van der Waals surface area contributed by atoms with Gasteiger partial charge in [-0.2, -0.15) is 0 Å². The number of nitrogens with zero attached hydrogens (tertiary/aromatic N) is 1. The monoisotopic (exact) mass is 296 g/mol. The van der Waals surface area contributed by atoms with Crippen LogP contribution in [-0.2, 0) is 4.74 Å². The molecule has 0 aromatic carbocycles. The zero-order valence-electron chi connectivity index (χ0n) is 14.3. The maximum atomic E-state index is 6.26. The first-order valence-electron chi connectivity index (χ1n) is 9.19. The fourth-order valence-electron chi connectivity index (χ4n) is 4.43. The van der Waals surface area contributed by atoms with Crippen LogP contribution in [0.3, 0.4) is 0 Å². The lowest BCUT2D eigenvalue weighted by molar-refractivity contribution is 0.0161. The predicted molar refractivity (Wildman–Crippen MR) is 89.4 cm³/mol. The highest BCUT2D eigenvalue weighted by Gasteiger charge is 2.36. The van der Waals surface area contributed by atoms with E-state index < -0.39 is 0 Å². The molecule has 2 N–H and O–H groups in total. The number of likely N-dealkylation sites (N-methyl/N-ethyl adjacent to an activating group) is 1. The van der Waals surface area contributed by atoms with E-state index in [2.05, 4.69) is 18.9 Å². The molecule has 3 heteroatoms. The average molecular weight is 296 g/mol. The molecule has 3 nitrogen and oxygen atoms in total. The van der Waals surface area contributed by atoms with E-state index in [0.29, 0.717) is 5.92 Å². The Balaban J connectivity index is 1.92. The Hall–Kier alpha value is -0.120.